The van der Waals surface area contributed by atoms with Crippen molar-refractivity contribution in [2.75, 3.05) is 6.54 Å². The van der Waals surface area contributed by atoms with Crippen LogP contribution in [-0.4, -0.2) is 33.9 Å². The first-order valence-electron chi connectivity index (χ1n) is 11.8. The fraction of sp³-hybridized carbons (Fsp3) is 0.250. The Bertz CT molecular complexity index is 1290. The van der Waals surface area contributed by atoms with Crippen LogP contribution in [0.1, 0.15) is 55.1 Å². The third kappa shape index (κ3) is 6.63. The molecule has 0 bridgehead atoms. The van der Waals surface area contributed by atoms with Crippen molar-refractivity contribution in [2.24, 2.45) is 0 Å². The fourth-order valence-corrected chi connectivity index (χ4v) is 3.65. The van der Waals surface area contributed by atoms with Crippen LogP contribution in [0, 0.1) is 0 Å². The number of hydrogen-bond donors (Lipinski definition) is 3. The average molecular weight is 493 g/mol. The molecule has 0 radical (unpaired) electrons. The van der Waals surface area contributed by atoms with Crippen molar-refractivity contribution in [3.8, 4) is 5.75 Å². The van der Waals surface area contributed by atoms with Crippen molar-refractivity contribution in [2.45, 2.75) is 40.2 Å². The monoisotopic (exact) mass is 492 g/mol. The van der Waals surface area contributed by atoms with E-state index in [0.717, 1.165) is 34.3 Å². The Balaban J connectivity index is 0.000000850. The summed E-state index contributed by atoms with van der Waals surface area (Å²) >= 11 is 0. The Labute approximate surface area is 210 Å². The summed E-state index contributed by atoms with van der Waals surface area (Å²) in [6, 6.07) is 14.9. The molecule has 0 atom stereocenters. The lowest BCUT2D eigenvalue weighted by atomic mass is 9.97. The summed E-state index contributed by atoms with van der Waals surface area (Å²) in [6.07, 6.45) is 8.21. The Kier molecular flexibility index (Phi) is 11.0. The van der Waals surface area contributed by atoms with E-state index in [2.05, 4.69) is 17.5 Å². The van der Waals surface area contributed by atoms with Gasteiger partial charge < -0.3 is 20.4 Å². The molecule has 0 unspecified atom stereocenters. The number of aromatic nitrogens is 1. The van der Waals surface area contributed by atoms with Gasteiger partial charge in [-0.15, -0.1) is 4.73 Å². The van der Waals surface area contributed by atoms with Crippen molar-refractivity contribution in [3.05, 3.63) is 93.8 Å². The van der Waals surface area contributed by atoms with Gasteiger partial charge in [0.1, 0.15) is 17.9 Å². The number of benzene rings is 2. The number of nitrogens with one attached hydrogen (secondary N) is 1. The number of aromatic hydroxyl groups is 1. The molecule has 1 aliphatic carbocycles. The molecule has 1 heterocycles. The maximum absolute atomic E-state index is 13.1. The van der Waals surface area contributed by atoms with Gasteiger partial charge in [-0.1, -0.05) is 68.5 Å². The highest BCUT2D eigenvalue weighted by atomic mass is 16.7. The zero-order valence-electron chi connectivity index (χ0n) is 20.7. The summed E-state index contributed by atoms with van der Waals surface area (Å²) in [4.78, 5) is 39.9. The van der Waals surface area contributed by atoms with E-state index in [9.17, 15) is 14.7 Å². The molecule has 4 rings (SSSR count). The lowest BCUT2D eigenvalue weighted by Crippen LogP contribution is -2.36. The quantitative estimate of drug-likeness (QED) is 0.435. The van der Waals surface area contributed by atoms with Crippen molar-refractivity contribution in [3.63, 3.8) is 0 Å². The Morgan fingerprint density at radius 2 is 1.83 bits per heavy atom. The van der Waals surface area contributed by atoms with Gasteiger partial charge in [-0.05, 0) is 48.6 Å². The predicted octanol–water partition coefficient (Wildman–Crippen LogP) is 4.55. The summed E-state index contributed by atoms with van der Waals surface area (Å²) in [5, 5.41) is 20.8. The summed E-state index contributed by atoms with van der Waals surface area (Å²) in [7, 11) is 0. The number of amides is 1. The minimum atomic E-state index is -0.698. The lowest BCUT2D eigenvalue weighted by molar-refractivity contribution is -0.122. The molecule has 36 heavy (non-hydrogen) atoms. The largest absolute Gasteiger partial charge is 0.506 e. The van der Waals surface area contributed by atoms with Crippen LogP contribution in [0.5, 0.6) is 5.75 Å². The number of hydrogen-bond acceptors (Lipinski definition) is 5. The van der Waals surface area contributed by atoms with E-state index >= 15 is 0 Å². The van der Waals surface area contributed by atoms with Gasteiger partial charge in [0.25, 0.3) is 17.9 Å². The molecule has 3 N–H and O–H groups in total. The molecule has 8 nitrogen and oxygen atoms in total. The van der Waals surface area contributed by atoms with Crippen LogP contribution in [0.2, 0.25) is 0 Å². The van der Waals surface area contributed by atoms with Crippen LogP contribution in [0.4, 0.5) is 0 Å². The van der Waals surface area contributed by atoms with Crippen LogP contribution in [0.3, 0.4) is 0 Å². The molecule has 1 aliphatic rings. The van der Waals surface area contributed by atoms with Gasteiger partial charge in [0.2, 0.25) is 0 Å². The number of carboxylic acid groups (broad SMARTS) is 1. The summed E-state index contributed by atoms with van der Waals surface area (Å²) in [5.74, 6) is -0.973. The number of carbonyl (C=O) groups is 2. The molecule has 0 fully saturated rings. The van der Waals surface area contributed by atoms with Gasteiger partial charge >= 0.3 is 0 Å². The third-order valence-electron chi connectivity index (χ3n) is 5.20. The molecule has 0 aliphatic heterocycles. The predicted molar refractivity (Wildman–Crippen MR) is 141 cm³/mol. The number of pyridine rings is 1. The van der Waals surface area contributed by atoms with Gasteiger partial charge in [-0.3, -0.25) is 14.4 Å². The minimum Gasteiger partial charge on any atom is -0.506 e. The van der Waals surface area contributed by atoms with E-state index in [4.69, 9.17) is 14.7 Å². The van der Waals surface area contributed by atoms with Gasteiger partial charge in [-0.2, -0.15) is 0 Å². The summed E-state index contributed by atoms with van der Waals surface area (Å²) in [5.41, 5.74) is 2.19. The topological polar surface area (TPSA) is 118 Å². The summed E-state index contributed by atoms with van der Waals surface area (Å²) < 4.78 is 1.10. The smallest absolute Gasteiger partial charge is 0.300 e. The van der Waals surface area contributed by atoms with E-state index in [1.165, 1.54) is 0 Å². The number of rotatable bonds is 6. The van der Waals surface area contributed by atoms with Crippen molar-refractivity contribution in [1.82, 2.24) is 10.0 Å². The molecule has 3 aromatic rings. The van der Waals surface area contributed by atoms with Crippen LogP contribution in [0.15, 0.2) is 71.6 Å². The number of carbonyl (C=O) groups excluding carboxylic acids is 1. The average Bonchev–Trinajstić information content (AvgIpc) is 2.91. The highest BCUT2D eigenvalue weighted by Crippen LogP contribution is 2.31. The van der Waals surface area contributed by atoms with Crippen molar-refractivity contribution < 1.29 is 24.6 Å². The van der Waals surface area contributed by atoms with E-state index in [0.29, 0.717) is 17.4 Å². The highest BCUT2D eigenvalue weighted by molar-refractivity contribution is 6.03. The number of nitrogens with zero attached hydrogens (tertiary/aromatic N) is 1. The number of allylic oxidation sites excluding steroid dienone is 4. The van der Waals surface area contributed by atoms with Crippen LogP contribution in [-0.2, 0) is 11.4 Å². The second kappa shape index (κ2) is 14.2. The fourth-order valence-electron chi connectivity index (χ4n) is 3.65. The molecule has 8 heteroatoms. The molecule has 190 valence electrons. The van der Waals surface area contributed by atoms with E-state index in [1.807, 2.05) is 56.3 Å². The maximum atomic E-state index is 13.1. The molecule has 1 aromatic heterocycles. The first kappa shape index (κ1) is 27.9. The van der Waals surface area contributed by atoms with E-state index in [1.54, 1.807) is 19.1 Å². The van der Waals surface area contributed by atoms with Gasteiger partial charge in [-0.25, -0.2) is 0 Å². The number of fused-ring (bicyclic) bond motifs is 1. The Morgan fingerprint density at radius 3 is 2.44 bits per heavy atom. The molecule has 0 spiro atoms. The molecule has 0 saturated heterocycles. The Morgan fingerprint density at radius 1 is 1.14 bits per heavy atom. The molecule has 2 aromatic carbocycles. The van der Waals surface area contributed by atoms with Gasteiger partial charge in [0.15, 0.2) is 0 Å². The second-order valence-corrected chi connectivity index (χ2v) is 7.42. The maximum Gasteiger partial charge on any atom is 0.300 e. The highest BCUT2D eigenvalue weighted by Gasteiger charge is 2.23. The van der Waals surface area contributed by atoms with Crippen LogP contribution < -0.4 is 15.7 Å². The zero-order valence-corrected chi connectivity index (χ0v) is 20.7. The van der Waals surface area contributed by atoms with E-state index < -0.39 is 11.5 Å². The lowest BCUT2D eigenvalue weighted by Gasteiger charge is -2.17. The minimum absolute atomic E-state index is 0.144. The first-order chi connectivity index (χ1) is 17.5. The molecule has 1 amide bonds. The van der Waals surface area contributed by atoms with Gasteiger partial charge in [0.05, 0.1) is 5.52 Å². The first-order valence-corrected chi connectivity index (χ1v) is 11.8. The van der Waals surface area contributed by atoms with Crippen molar-refractivity contribution >= 4 is 28.9 Å². The van der Waals surface area contributed by atoms with Crippen molar-refractivity contribution in [1.29, 1.82) is 0 Å². The van der Waals surface area contributed by atoms with E-state index in [-0.39, 0.29) is 24.4 Å². The van der Waals surface area contributed by atoms with Crippen LogP contribution in [0.25, 0.3) is 16.5 Å². The standard InChI is InChI=1S/C25H24N2O4.C2H6.CH2O2/c1-2-26-24(29)22-23(28)20-15-19(18-11-7-4-8-12-18)13-14-21(20)27(25(22)30)31-16-17-9-5-3-6-10-17;1-2;2-1-3/h3,5-7,9-15,28H,2,4,8,16H2,1H3,(H,26,29);1-2H3;1H,(H,2,3). The summed E-state index contributed by atoms with van der Waals surface area (Å²) in [6.45, 7) is 5.98. The SMILES string of the molecule is CC.CCNC(=O)c1c(O)c2cc(C3=CCCC=C3)ccc2n(OCc2ccccc2)c1=O.O=CO. The Hall–Kier alpha value is -4.33. The molecular formula is C28H32N2O6. The third-order valence-corrected chi connectivity index (χ3v) is 5.20. The second-order valence-electron chi connectivity index (χ2n) is 7.42. The van der Waals surface area contributed by atoms with Crippen LogP contribution >= 0.6 is 0 Å². The normalized spacial score (nSPS) is 11.8. The van der Waals surface area contributed by atoms with Gasteiger partial charge in [0, 0.05) is 11.9 Å². The zero-order chi connectivity index (χ0) is 26.5. The molecular weight excluding hydrogens is 460 g/mol. The molecule has 0 saturated carbocycles.